The molecule has 0 aliphatic rings. The molecule has 3 heterocycles. The van der Waals surface area contributed by atoms with Crippen molar-refractivity contribution in [3.05, 3.63) is 82.4 Å². The summed E-state index contributed by atoms with van der Waals surface area (Å²) >= 11 is 1.65. The van der Waals surface area contributed by atoms with Gasteiger partial charge in [0.05, 0.1) is 22.8 Å². The third kappa shape index (κ3) is 3.29. The number of thioether (sulfide) groups is 1. The summed E-state index contributed by atoms with van der Waals surface area (Å²) in [6.45, 7) is 2.03. The summed E-state index contributed by atoms with van der Waals surface area (Å²) in [7, 11) is 0. The van der Waals surface area contributed by atoms with E-state index in [1.807, 2.05) is 72.2 Å². The Morgan fingerprint density at radius 3 is 2.70 bits per heavy atom. The summed E-state index contributed by atoms with van der Waals surface area (Å²) in [4.78, 5) is 13.3. The van der Waals surface area contributed by atoms with E-state index >= 15 is 0 Å². The van der Waals surface area contributed by atoms with Gasteiger partial charge in [-0.3, -0.25) is 14.3 Å². The first kappa shape index (κ1) is 18.6. The van der Waals surface area contributed by atoms with E-state index < -0.39 is 0 Å². The molecule has 0 bridgehead atoms. The van der Waals surface area contributed by atoms with Crippen LogP contribution in [0, 0.1) is 6.92 Å². The number of aryl methyl sites for hydroxylation is 2. The van der Waals surface area contributed by atoms with E-state index in [1.165, 1.54) is 5.56 Å². The molecule has 3 aromatic heterocycles. The number of aromatic nitrogens is 6. The molecule has 0 aliphatic carbocycles. The summed E-state index contributed by atoms with van der Waals surface area (Å²) in [6, 6.07) is 15.5. The number of rotatable bonds is 6. The van der Waals surface area contributed by atoms with Crippen molar-refractivity contribution in [1.29, 1.82) is 0 Å². The number of para-hydroxylation sites is 1. The van der Waals surface area contributed by atoms with Gasteiger partial charge in [0.2, 0.25) is 5.78 Å². The maximum absolute atomic E-state index is 13.3. The van der Waals surface area contributed by atoms with Crippen molar-refractivity contribution in [2.24, 2.45) is 0 Å². The van der Waals surface area contributed by atoms with Crippen LogP contribution in [0.1, 0.15) is 17.5 Å². The van der Waals surface area contributed by atoms with E-state index in [1.54, 1.807) is 16.3 Å². The lowest BCUT2D eigenvalue weighted by Crippen LogP contribution is -2.21. The predicted molar refractivity (Wildman–Crippen MR) is 118 cm³/mol. The van der Waals surface area contributed by atoms with Crippen LogP contribution in [0.4, 0.5) is 0 Å². The van der Waals surface area contributed by atoms with Crippen LogP contribution in [0.3, 0.4) is 0 Å². The van der Waals surface area contributed by atoms with Crippen molar-refractivity contribution in [1.82, 2.24) is 29.4 Å². The van der Waals surface area contributed by atoms with Gasteiger partial charge in [-0.05, 0) is 49.6 Å². The van der Waals surface area contributed by atoms with E-state index in [4.69, 9.17) is 0 Å². The second-order valence-corrected chi connectivity index (χ2v) is 8.23. The summed E-state index contributed by atoms with van der Waals surface area (Å²) in [6.07, 6.45) is 5.72. The second-order valence-electron chi connectivity index (χ2n) is 7.17. The fourth-order valence-electron chi connectivity index (χ4n) is 3.55. The molecule has 0 saturated carbocycles. The monoisotopic (exact) mass is 416 g/mol. The molecule has 0 spiro atoms. The Balaban J connectivity index is 1.58. The number of nitrogens with one attached hydrogen (secondary N) is 1. The lowest BCUT2D eigenvalue weighted by molar-refractivity contribution is 0.906. The van der Waals surface area contributed by atoms with Crippen molar-refractivity contribution >= 4 is 28.4 Å². The molecule has 0 fully saturated rings. The fourth-order valence-corrected chi connectivity index (χ4v) is 4.43. The number of aromatic amines is 1. The van der Waals surface area contributed by atoms with E-state index in [9.17, 15) is 4.79 Å². The van der Waals surface area contributed by atoms with Crippen LogP contribution in [-0.2, 0) is 6.42 Å². The number of hydrogen-bond donors (Lipinski definition) is 1. The molecule has 0 saturated heterocycles. The molecular weight excluding hydrogens is 396 g/mol. The highest BCUT2D eigenvalue weighted by atomic mass is 32.2. The van der Waals surface area contributed by atoms with Gasteiger partial charge in [0.25, 0.3) is 5.56 Å². The van der Waals surface area contributed by atoms with Gasteiger partial charge in [-0.2, -0.15) is 5.10 Å². The first-order valence-electron chi connectivity index (χ1n) is 9.79. The van der Waals surface area contributed by atoms with Gasteiger partial charge in [-0.15, -0.1) is 10.2 Å². The van der Waals surface area contributed by atoms with Crippen molar-refractivity contribution in [3.63, 3.8) is 0 Å². The van der Waals surface area contributed by atoms with Crippen LogP contribution in [0.25, 0.3) is 22.4 Å². The molecule has 0 radical (unpaired) electrons. The van der Waals surface area contributed by atoms with Crippen LogP contribution in [0.15, 0.2) is 70.9 Å². The zero-order valence-corrected chi connectivity index (χ0v) is 17.3. The predicted octanol–water partition coefficient (Wildman–Crippen LogP) is 3.79. The SMILES string of the molecule is Cc1ccc(-n2c(=O)c3ccccc3n3c(SCCCc4cn[nH]c4)nnc23)cc1. The topological polar surface area (TPSA) is 80.9 Å². The lowest BCUT2D eigenvalue weighted by atomic mass is 10.2. The summed E-state index contributed by atoms with van der Waals surface area (Å²) in [5, 5.41) is 17.1. The van der Waals surface area contributed by atoms with Crippen molar-refractivity contribution in [2.75, 3.05) is 5.75 Å². The number of nitrogens with zero attached hydrogens (tertiary/aromatic N) is 5. The Morgan fingerprint density at radius 2 is 1.90 bits per heavy atom. The van der Waals surface area contributed by atoms with Gasteiger partial charge in [-0.1, -0.05) is 41.6 Å². The van der Waals surface area contributed by atoms with Gasteiger partial charge < -0.3 is 0 Å². The van der Waals surface area contributed by atoms with Crippen molar-refractivity contribution < 1.29 is 0 Å². The van der Waals surface area contributed by atoms with E-state index in [-0.39, 0.29) is 5.56 Å². The molecule has 30 heavy (non-hydrogen) atoms. The third-order valence-electron chi connectivity index (χ3n) is 5.08. The van der Waals surface area contributed by atoms with Crippen LogP contribution >= 0.6 is 11.8 Å². The van der Waals surface area contributed by atoms with Gasteiger partial charge in [0, 0.05) is 11.9 Å². The molecule has 5 aromatic rings. The molecule has 5 rings (SSSR count). The normalized spacial score (nSPS) is 11.5. The standard InChI is InChI=1S/C22H20N6OS/c1-15-8-10-17(11-9-15)27-20(29)18-6-2-3-7-19(18)28-21(27)25-26-22(28)30-12-4-5-16-13-23-24-14-16/h2-3,6-11,13-14H,4-5,12H2,1H3,(H,23,24). The maximum atomic E-state index is 13.3. The Morgan fingerprint density at radius 1 is 1.07 bits per heavy atom. The first-order chi connectivity index (χ1) is 14.7. The average molecular weight is 417 g/mol. The molecule has 1 N–H and O–H groups in total. The highest BCUT2D eigenvalue weighted by Gasteiger charge is 2.17. The highest BCUT2D eigenvalue weighted by Crippen LogP contribution is 2.24. The van der Waals surface area contributed by atoms with Crippen LogP contribution in [0.2, 0.25) is 0 Å². The Kier molecular flexibility index (Phi) is 4.84. The summed E-state index contributed by atoms with van der Waals surface area (Å²) in [5.41, 5.74) is 3.85. The largest absolute Gasteiger partial charge is 0.285 e. The molecule has 0 atom stereocenters. The van der Waals surface area contributed by atoms with Crippen LogP contribution in [-0.4, -0.2) is 35.1 Å². The van der Waals surface area contributed by atoms with Crippen LogP contribution < -0.4 is 5.56 Å². The number of benzene rings is 2. The van der Waals surface area contributed by atoms with Gasteiger partial charge in [-0.25, -0.2) is 4.57 Å². The highest BCUT2D eigenvalue weighted by molar-refractivity contribution is 7.99. The van der Waals surface area contributed by atoms with E-state index in [0.29, 0.717) is 11.2 Å². The Bertz CT molecular complexity index is 1370. The quantitative estimate of drug-likeness (QED) is 0.336. The van der Waals surface area contributed by atoms with Crippen molar-refractivity contribution in [3.8, 4) is 5.69 Å². The molecule has 7 nitrogen and oxygen atoms in total. The lowest BCUT2D eigenvalue weighted by Gasteiger charge is -2.11. The fraction of sp³-hybridized carbons (Fsp3) is 0.182. The van der Waals surface area contributed by atoms with E-state index in [2.05, 4.69) is 20.4 Å². The van der Waals surface area contributed by atoms with Gasteiger partial charge in [0.15, 0.2) is 5.16 Å². The maximum Gasteiger partial charge on any atom is 0.267 e. The zero-order valence-electron chi connectivity index (χ0n) is 16.4. The molecule has 0 amide bonds. The number of fused-ring (bicyclic) bond motifs is 3. The Hall–Kier alpha value is -3.39. The third-order valence-corrected chi connectivity index (χ3v) is 6.10. The van der Waals surface area contributed by atoms with Gasteiger partial charge in [0.1, 0.15) is 0 Å². The minimum Gasteiger partial charge on any atom is -0.285 e. The van der Waals surface area contributed by atoms with E-state index in [0.717, 1.165) is 40.5 Å². The molecule has 8 heteroatoms. The average Bonchev–Trinajstić information content (AvgIpc) is 3.43. The second kappa shape index (κ2) is 7.79. The first-order valence-corrected chi connectivity index (χ1v) is 10.8. The van der Waals surface area contributed by atoms with Crippen molar-refractivity contribution in [2.45, 2.75) is 24.9 Å². The molecular formula is C22H20N6OS. The smallest absolute Gasteiger partial charge is 0.267 e. The zero-order chi connectivity index (χ0) is 20.5. The summed E-state index contributed by atoms with van der Waals surface area (Å²) < 4.78 is 3.63. The van der Waals surface area contributed by atoms with Gasteiger partial charge >= 0.3 is 0 Å². The number of hydrogen-bond acceptors (Lipinski definition) is 5. The molecule has 0 unspecified atom stereocenters. The minimum atomic E-state index is -0.0918. The molecule has 0 aliphatic heterocycles. The molecule has 2 aromatic carbocycles. The Labute approximate surface area is 176 Å². The van der Waals surface area contributed by atoms with Crippen LogP contribution in [0.5, 0.6) is 0 Å². The summed E-state index contributed by atoms with van der Waals surface area (Å²) in [5.74, 6) is 1.42. The minimum absolute atomic E-state index is 0.0918. The number of H-pyrrole nitrogens is 1. The molecule has 150 valence electrons.